The minimum Gasteiger partial charge on any atom is -0.383 e. The fourth-order valence-electron chi connectivity index (χ4n) is 3.66. The van der Waals surface area contributed by atoms with Crippen molar-refractivity contribution in [1.82, 2.24) is 15.3 Å². The maximum atomic E-state index is 5.38. The predicted octanol–water partition coefficient (Wildman–Crippen LogP) is 2.53. The zero-order valence-corrected chi connectivity index (χ0v) is 17.0. The molecule has 1 fully saturated rings. The van der Waals surface area contributed by atoms with E-state index < -0.39 is 0 Å². The molecule has 8 heteroatoms. The monoisotopic (exact) mass is 398 g/mol. The Balaban J connectivity index is 1.55. The first kappa shape index (κ1) is 18.9. The summed E-state index contributed by atoms with van der Waals surface area (Å²) >= 11 is 5.38. The van der Waals surface area contributed by atoms with Gasteiger partial charge in [0.15, 0.2) is 5.11 Å². The molecule has 0 aliphatic carbocycles. The number of anilines is 3. The van der Waals surface area contributed by atoms with Crippen LogP contribution in [-0.2, 0) is 17.8 Å². The van der Waals surface area contributed by atoms with Crippen molar-refractivity contribution in [2.45, 2.75) is 25.9 Å². The molecule has 0 saturated carbocycles. The number of nitrogens with zero attached hydrogens (tertiary/aromatic N) is 4. The molecule has 2 aromatic rings. The van der Waals surface area contributed by atoms with Crippen molar-refractivity contribution in [2.24, 2.45) is 0 Å². The fourth-order valence-corrected chi connectivity index (χ4v) is 3.85. The van der Waals surface area contributed by atoms with Gasteiger partial charge in [0.2, 0.25) is 5.95 Å². The number of hydrogen-bond acceptors (Lipinski definition) is 6. The molecule has 28 heavy (non-hydrogen) atoms. The van der Waals surface area contributed by atoms with Crippen LogP contribution in [0.2, 0.25) is 0 Å². The molecular formula is C20H26N6OS. The molecule has 1 aromatic heterocycles. The first-order chi connectivity index (χ1) is 13.7. The summed E-state index contributed by atoms with van der Waals surface area (Å²) in [5, 5.41) is 6.76. The van der Waals surface area contributed by atoms with E-state index in [0.29, 0.717) is 24.2 Å². The van der Waals surface area contributed by atoms with Crippen LogP contribution in [0.15, 0.2) is 30.3 Å². The van der Waals surface area contributed by atoms with Gasteiger partial charge in [-0.25, -0.2) is 0 Å². The average molecular weight is 399 g/mol. The average Bonchev–Trinajstić information content (AvgIpc) is 3.38. The van der Waals surface area contributed by atoms with E-state index in [-0.39, 0.29) is 0 Å². The standard InChI is InChI=1S/C20H26N6OS/c1-27-11-8-21-20(28)24-19-22-17(25-9-4-5-10-25)12-18(23-19)26-13-15-6-2-3-7-16(15)14-26/h2-3,6-7,12H,4-5,8-11,13-14H2,1H3,(H2,21,22,23,24,28). The molecule has 1 aromatic carbocycles. The molecule has 7 nitrogen and oxygen atoms in total. The number of aromatic nitrogens is 2. The second-order valence-corrected chi connectivity index (χ2v) is 7.51. The van der Waals surface area contributed by atoms with Crippen LogP contribution in [0.4, 0.5) is 17.6 Å². The summed E-state index contributed by atoms with van der Waals surface area (Å²) in [6.07, 6.45) is 2.41. The van der Waals surface area contributed by atoms with E-state index in [2.05, 4.69) is 50.8 Å². The van der Waals surface area contributed by atoms with Gasteiger partial charge < -0.3 is 25.2 Å². The molecule has 0 amide bonds. The quantitative estimate of drug-likeness (QED) is 0.569. The Morgan fingerprint density at radius 1 is 1.07 bits per heavy atom. The number of nitrogens with one attached hydrogen (secondary N) is 2. The summed E-state index contributed by atoms with van der Waals surface area (Å²) in [5.41, 5.74) is 2.71. The van der Waals surface area contributed by atoms with Crippen LogP contribution >= 0.6 is 12.2 Å². The van der Waals surface area contributed by atoms with Crippen molar-refractivity contribution in [3.05, 3.63) is 41.5 Å². The highest BCUT2D eigenvalue weighted by Crippen LogP contribution is 2.30. The molecule has 148 valence electrons. The smallest absolute Gasteiger partial charge is 0.232 e. The molecule has 2 aliphatic rings. The minimum atomic E-state index is 0.506. The largest absolute Gasteiger partial charge is 0.383 e. The molecule has 0 bridgehead atoms. The number of benzene rings is 1. The van der Waals surface area contributed by atoms with Gasteiger partial charge in [0, 0.05) is 45.9 Å². The SMILES string of the molecule is COCCNC(=S)Nc1nc(N2CCCC2)cc(N2Cc3ccccc3C2)n1. The second-order valence-electron chi connectivity index (χ2n) is 7.10. The normalized spacial score (nSPS) is 15.6. The van der Waals surface area contributed by atoms with E-state index >= 15 is 0 Å². The summed E-state index contributed by atoms with van der Waals surface area (Å²) in [4.78, 5) is 14.1. The predicted molar refractivity (Wildman–Crippen MR) is 116 cm³/mol. The van der Waals surface area contributed by atoms with Crippen LogP contribution < -0.4 is 20.4 Å². The second kappa shape index (κ2) is 8.70. The maximum Gasteiger partial charge on any atom is 0.232 e. The van der Waals surface area contributed by atoms with Crippen LogP contribution in [0.5, 0.6) is 0 Å². The van der Waals surface area contributed by atoms with Gasteiger partial charge >= 0.3 is 0 Å². The van der Waals surface area contributed by atoms with Crippen molar-refractivity contribution in [1.29, 1.82) is 0 Å². The van der Waals surface area contributed by atoms with Crippen LogP contribution in [0.1, 0.15) is 24.0 Å². The van der Waals surface area contributed by atoms with Crippen LogP contribution in [-0.4, -0.2) is 48.4 Å². The van der Waals surface area contributed by atoms with Gasteiger partial charge in [0.25, 0.3) is 0 Å². The van der Waals surface area contributed by atoms with Gasteiger partial charge in [0.1, 0.15) is 11.6 Å². The number of ether oxygens (including phenoxy) is 1. The van der Waals surface area contributed by atoms with E-state index in [4.69, 9.17) is 26.9 Å². The van der Waals surface area contributed by atoms with E-state index in [1.807, 2.05) is 0 Å². The Labute approximate surface area is 171 Å². The minimum absolute atomic E-state index is 0.506. The molecule has 3 heterocycles. The summed E-state index contributed by atoms with van der Waals surface area (Å²) in [6, 6.07) is 10.7. The Morgan fingerprint density at radius 2 is 1.71 bits per heavy atom. The molecule has 2 aliphatic heterocycles. The lowest BCUT2D eigenvalue weighted by molar-refractivity contribution is 0.204. The van der Waals surface area contributed by atoms with Gasteiger partial charge in [-0.15, -0.1) is 0 Å². The van der Waals surface area contributed by atoms with E-state index in [0.717, 1.165) is 37.8 Å². The third-order valence-corrected chi connectivity index (χ3v) is 5.36. The van der Waals surface area contributed by atoms with Crippen molar-refractivity contribution in [3.63, 3.8) is 0 Å². The highest BCUT2D eigenvalue weighted by molar-refractivity contribution is 7.80. The lowest BCUT2D eigenvalue weighted by atomic mass is 10.1. The summed E-state index contributed by atoms with van der Waals surface area (Å²) < 4.78 is 5.05. The van der Waals surface area contributed by atoms with Crippen molar-refractivity contribution >= 4 is 34.9 Å². The highest BCUT2D eigenvalue weighted by Gasteiger charge is 2.23. The zero-order valence-electron chi connectivity index (χ0n) is 16.1. The van der Waals surface area contributed by atoms with E-state index in [9.17, 15) is 0 Å². The van der Waals surface area contributed by atoms with E-state index in [1.54, 1.807) is 7.11 Å². The summed E-state index contributed by atoms with van der Waals surface area (Å²) in [5.74, 6) is 2.42. The number of methoxy groups -OCH3 is 1. The van der Waals surface area contributed by atoms with Gasteiger partial charge in [-0.05, 0) is 36.2 Å². The molecule has 0 radical (unpaired) electrons. The van der Waals surface area contributed by atoms with Crippen molar-refractivity contribution in [3.8, 4) is 0 Å². The highest BCUT2D eigenvalue weighted by atomic mass is 32.1. The van der Waals surface area contributed by atoms with Crippen molar-refractivity contribution < 1.29 is 4.74 Å². The van der Waals surface area contributed by atoms with Gasteiger partial charge in [-0.2, -0.15) is 9.97 Å². The van der Waals surface area contributed by atoms with Crippen LogP contribution in [0, 0.1) is 0 Å². The number of fused-ring (bicyclic) bond motifs is 1. The van der Waals surface area contributed by atoms with Gasteiger partial charge in [0.05, 0.1) is 6.61 Å². The number of hydrogen-bond donors (Lipinski definition) is 2. The molecule has 0 unspecified atom stereocenters. The topological polar surface area (TPSA) is 65.6 Å². The third kappa shape index (κ3) is 4.34. The maximum absolute atomic E-state index is 5.38. The van der Waals surface area contributed by atoms with Crippen LogP contribution in [0.3, 0.4) is 0 Å². The molecule has 0 atom stereocenters. The fraction of sp³-hybridized carbons (Fsp3) is 0.450. The van der Waals surface area contributed by atoms with Gasteiger partial charge in [-0.1, -0.05) is 24.3 Å². The first-order valence-electron chi connectivity index (χ1n) is 9.72. The summed E-state index contributed by atoms with van der Waals surface area (Å²) in [6.45, 7) is 5.03. The first-order valence-corrected chi connectivity index (χ1v) is 10.1. The molecule has 1 saturated heterocycles. The number of rotatable bonds is 6. The number of thiocarbonyl (C=S) groups is 1. The Morgan fingerprint density at radius 3 is 2.36 bits per heavy atom. The van der Waals surface area contributed by atoms with Crippen molar-refractivity contribution in [2.75, 3.05) is 48.5 Å². The molecule has 4 rings (SSSR count). The third-order valence-electron chi connectivity index (χ3n) is 5.11. The Hall–Kier alpha value is -2.45. The molecule has 2 N–H and O–H groups in total. The Kier molecular flexibility index (Phi) is 5.87. The molecular weight excluding hydrogens is 372 g/mol. The van der Waals surface area contributed by atoms with Crippen LogP contribution in [0.25, 0.3) is 0 Å². The van der Waals surface area contributed by atoms with Gasteiger partial charge in [-0.3, -0.25) is 0 Å². The Bertz CT molecular complexity index is 814. The molecule has 0 spiro atoms. The zero-order chi connectivity index (χ0) is 19.3. The summed E-state index contributed by atoms with van der Waals surface area (Å²) in [7, 11) is 1.67. The lowest BCUT2D eigenvalue weighted by Crippen LogP contribution is -2.32. The lowest BCUT2D eigenvalue weighted by Gasteiger charge is -2.22. The van der Waals surface area contributed by atoms with E-state index in [1.165, 1.54) is 24.0 Å².